The van der Waals surface area contributed by atoms with Gasteiger partial charge in [0.05, 0.1) is 11.0 Å². The lowest BCUT2D eigenvalue weighted by atomic mass is 9.97. The van der Waals surface area contributed by atoms with E-state index in [9.17, 15) is 9.90 Å². The van der Waals surface area contributed by atoms with Crippen molar-refractivity contribution in [2.24, 2.45) is 7.05 Å². The van der Waals surface area contributed by atoms with Gasteiger partial charge in [-0.1, -0.05) is 0 Å². The summed E-state index contributed by atoms with van der Waals surface area (Å²) < 4.78 is 1.97. The molecule has 0 atom stereocenters. The van der Waals surface area contributed by atoms with Crippen LogP contribution in [0.5, 0.6) is 0 Å². The molecule has 0 spiro atoms. The number of carbonyl (C=O) groups is 1. The van der Waals surface area contributed by atoms with Gasteiger partial charge in [-0.15, -0.1) is 0 Å². The minimum atomic E-state index is -1.35. The molecule has 1 aromatic heterocycles. The number of rotatable bonds is 2. The van der Waals surface area contributed by atoms with E-state index in [0.29, 0.717) is 5.56 Å². The second kappa shape index (κ2) is 3.67. The number of nitrogens with zero attached hydrogens (tertiary/aromatic N) is 2. The van der Waals surface area contributed by atoms with E-state index in [1.165, 1.54) is 13.8 Å². The number of Topliss-reactive ketones (excluding diaryl/α,β-unsaturated/α-hetero) is 1. The second-order valence-electron chi connectivity index (χ2n) is 4.81. The number of aromatic nitrogens is 2. The largest absolute Gasteiger partial charge is 0.382 e. The third kappa shape index (κ3) is 1.96. The summed E-state index contributed by atoms with van der Waals surface area (Å²) in [6, 6.07) is 5.31. The summed E-state index contributed by atoms with van der Waals surface area (Å²) in [7, 11) is 1.93. The van der Waals surface area contributed by atoms with Gasteiger partial charge in [-0.2, -0.15) is 0 Å². The molecule has 0 aliphatic heterocycles. The van der Waals surface area contributed by atoms with Crippen LogP contribution in [0.4, 0.5) is 0 Å². The van der Waals surface area contributed by atoms with Gasteiger partial charge in [0.2, 0.25) is 0 Å². The number of fused-ring (bicyclic) bond motifs is 1. The van der Waals surface area contributed by atoms with Gasteiger partial charge < -0.3 is 9.67 Å². The molecule has 0 saturated heterocycles. The van der Waals surface area contributed by atoms with Gasteiger partial charge in [0, 0.05) is 12.6 Å². The summed E-state index contributed by atoms with van der Waals surface area (Å²) in [6.45, 7) is 4.89. The van der Waals surface area contributed by atoms with Gasteiger partial charge >= 0.3 is 0 Å². The summed E-state index contributed by atoms with van der Waals surface area (Å²) in [5, 5.41) is 9.70. The monoisotopic (exact) mass is 232 g/mol. The third-order valence-corrected chi connectivity index (χ3v) is 2.92. The Bertz CT molecular complexity index is 591. The second-order valence-corrected chi connectivity index (χ2v) is 4.81. The van der Waals surface area contributed by atoms with Crippen molar-refractivity contribution in [3.8, 4) is 0 Å². The van der Waals surface area contributed by atoms with E-state index in [0.717, 1.165) is 16.9 Å². The molecule has 0 saturated carbocycles. The SMILES string of the molecule is Cc1nc2cc(C(=O)C(C)(C)O)ccc2n1C. The first-order valence-corrected chi connectivity index (χ1v) is 5.51. The first-order valence-electron chi connectivity index (χ1n) is 5.51. The van der Waals surface area contributed by atoms with Crippen LogP contribution >= 0.6 is 0 Å². The average molecular weight is 232 g/mol. The van der Waals surface area contributed by atoms with Crippen molar-refractivity contribution in [3.63, 3.8) is 0 Å². The predicted octanol–water partition coefficient (Wildman–Crippen LogP) is 1.84. The van der Waals surface area contributed by atoms with E-state index < -0.39 is 5.60 Å². The Morgan fingerprint density at radius 3 is 2.65 bits per heavy atom. The molecule has 0 bridgehead atoms. The average Bonchev–Trinajstić information content (AvgIpc) is 2.52. The minimum Gasteiger partial charge on any atom is -0.382 e. The van der Waals surface area contributed by atoms with Crippen LogP contribution in [0.15, 0.2) is 18.2 Å². The standard InChI is InChI=1S/C13H16N2O2/c1-8-14-10-7-9(12(16)13(2,3)17)5-6-11(10)15(8)4/h5-7,17H,1-4H3. The number of ketones is 1. The van der Waals surface area contributed by atoms with Crippen LogP contribution < -0.4 is 0 Å². The minimum absolute atomic E-state index is 0.289. The molecule has 1 N–H and O–H groups in total. The van der Waals surface area contributed by atoms with E-state index in [1.54, 1.807) is 12.1 Å². The number of carbonyl (C=O) groups excluding carboxylic acids is 1. The van der Waals surface area contributed by atoms with Crippen molar-refractivity contribution in [2.75, 3.05) is 0 Å². The van der Waals surface area contributed by atoms with Crippen LogP contribution in [0.3, 0.4) is 0 Å². The van der Waals surface area contributed by atoms with E-state index in [2.05, 4.69) is 4.98 Å². The van der Waals surface area contributed by atoms with Crippen molar-refractivity contribution in [2.45, 2.75) is 26.4 Å². The van der Waals surface area contributed by atoms with Crippen LogP contribution in [0, 0.1) is 6.92 Å². The maximum Gasteiger partial charge on any atom is 0.193 e. The number of hydrogen-bond acceptors (Lipinski definition) is 3. The fourth-order valence-corrected chi connectivity index (χ4v) is 1.81. The molecule has 1 heterocycles. The zero-order valence-electron chi connectivity index (χ0n) is 10.5. The molecule has 0 aliphatic rings. The molecule has 0 radical (unpaired) electrons. The molecule has 0 amide bonds. The number of benzene rings is 1. The van der Waals surface area contributed by atoms with Gasteiger partial charge in [0.1, 0.15) is 11.4 Å². The predicted molar refractivity (Wildman–Crippen MR) is 66.1 cm³/mol. The molecule has 0 fully saturated rings. The van der Waals surface area contributed by atoms with E-state index in [4.69, 9.17) is 0 Å². The topological polar surface area (TPSA) is 55.1 Å². The maximum absolute atomic E-state index is 11.9. The first-order chi connectivity index (χ1) is 7.80. The molecule has 90 valence electrons. The molecule has 2 rings (SSSR count). The van der Waals surface area contributed by atoms with Gasteiger partial charge in [0.15, 0.2) is 5.78 Å². The van der Waals surface area contributed by atoms with E-state index >= 15 is 0 Å². The summed E-state index contributed by atoms with van der Waals surface area (Å²) in [5.41, 5.74) is 0.898. The molecular formula is C13H16N2O2. The van der Waals surface area contributed by atoms with Crippen LogP contribution in [-0.2, 0) is 7.05 Å². The van der Waals surface area contributed by atoms with Crippen LogP contribution in [0.25, 0.3) is 11.0 Å². The number of aliphatic hydroxyl groups is 1. The Morgan fingerprint density at radius 1 is 1.41 bits per heavy atom. The number of hydrogen-bond donors (Lipinski definition) is 1. The Balaban J connectivity index is 2.56. The fourth-order valence-electron chi connectivity index (χ4n) is 1.81. The van der Waals surface area contributed by atoms with Gasteiger partial charge in [0.25, 0.3) is 0 Å². The van der Waals surface area contributed by atoms with Crippen LogP contribution in [0.2, 0.25) is 0 Å². The summed E-state index contributed by atoms with van der Waals surface area (Å²) in [4.78, 5) is 16.3. The highest BCUT2D eigenvalue weighted by molar-refractivity contribution is 6.03. The molecule has 0 unspecified atom stereocenters. The normalized spacial score (nSPS) is 12.1. The van der Waals surface area contributed by atoms with Gasteiger partial charge in [-0.3, -0.25) is 4.79 Å². The van der Waals surface area contributed by atoms with E-state index in [-0.39, 0.29) is 5.78 Å². The first kappa shape index (κ1) is 11.8. The molecule has 4 heteroatoms. The number of imidazole rings is 1. The lowest BCUT2D eigenvalue weighted by molar-refractivity contribution is 0.0488. The van der Waals surface area contributed by atoms with Crippen LogP contribution in [0.1, 0.15) is 30.0 Å². The zero-order chi connectivity index (χ0) is 12.8. The Labute approximate surface area is 99.9 Å². The molecule has 4 nitrogen and oxygen atoms in total. The summed E-state index contributed by atoms with van der Waals surface area (Å²) in [5.74, 6) is 0.607. The Morgan fingerprint density at radius 2 is 2.06 bits per heavy atom. The van der Waals surface area contributed by atoms with Crippen molar-refractivity contribution in [1.82, 2.24) is 9.55 Å². The maximum atomic E-state index is 11.9. The number of aryl methyl sites for hydroxylation is 2. The zero-order valence-corrected chi connectivity index (χ0v) is 10.5. The van der Waals surface area contributed by atoms with E-state index in [1.807, 2.05) is 24.6 Å². The van der Waals surface area contributed by atoms with Gasteiger partial charge in [-0.25, -0.2) is 4.98 Å². The quantitative estimate of drug-likeness (QED) is 0.804. The highest BCUT2D eigenvalue weighted by Gasteiger charge is 2.25. The molecule has 0 aliphatic carbocycles. The van der Waals surface area contributed by atoms with Crippen molar-refractivity contribution in [1.29, 1.82) is 0 Å². The third-order valence-electron chi connectivity index (χ3n) is 2.92. The van der Waals surface area contributed by atoms with Crippen molar-refractivity contribution < 1.29 is 9.90 Å². The molecule has 2 aromatic rings. The Hall–Kier alpha value is -1.68. The molecular weight excluding hydrogens is 216 g/mol. The lowest BCUT2D eigenvalue weighted by Crippen LogP contribution is -2.31. The Kier molecular flexibility index (Phi) is 2.54. The molecule has 1 aromatic carbocycles. The summed E-state index contributed by atoms with van der Waals surface area (Å²) >= 11 is 0. The highest BCUT2D eigenvalue weighted by Crippen LogP contribution is 2.19. The molecule has 17 heavy (non-hydrogen) atoms. The lowest BCUT2D eigenvalue weighted by Gasteiger charge is -2.15. The van der Waals surface area contributed by atoms with Gasteiger partial charge in [-0.05, 0) is 39.0 Å². The summed E-state index contributed by atoms with van der Waals surface area (Å²) in [6.07, 6.45) is 0. The van der Waals surface area contributed by atoms with Crippen molar-refractivity contribution >= 4 is 16.8 Å². The fraction of sp³-hybridized carbons (Fsp3) is 0.385. The highest BCUT2D eigenvalue weighted by atomic mass is 16.3. The van der Waals surface area contributed by atoms with Crippen molar-refractivity contribution in [3.05, 3.63) is 29.6 Å². The smallest absolute Gasteiger partial charge is 0.193 e. The van der Waals surface area contributed by atoms with Crippen LogP contribution in [-0.4, -0.2) is 26.0 Å².